The van der Waals surface area contributed by atoms with Crippen molar-refractivity contribution in [2.24, 2.45) is 0 Å². The van der Waals surface area contributed by atoms with Gasteiger partial charge in [0.15, 0.2) is 10.1 Å². The molecule has 0 radical (unpaired) electrons. The molecule has 0 spiro atoms. The number of benzene rings is 2. The van der Waals surface area contributed by atoms with Crippen LogP contribution in [0.4, 0.5) is 5.69 Å². The Balaban J connectivity index is 2.24. The Morgan fingerprint density at radius 2 is 1.55 bits per heavy atom. The van der Waals surface area contributed by atoms with Gasteiger partial charge < -0.3 is 4.90 Å². The highest BCUT2D eigenvalue weighted by molar-refractivity contribution is 9.10. The molecule has 0 bridgehead atoms. The number of amides is 1. The van der Waals surface area contributed by atoms with Crippen LogP contribution in [0, 0.1) is 0 Å². The zero-order chi connectivity index (χ0) is 14.3. The van der Waals surface area contributed by atoms with E-state index in [0.717, 1.165) is 0 Å². The van der Waals surface area contributed by atoms with Gasteiger partial charge in [-0.15, -0.1) is 0 Å². The summed E-state index contributed by atoms with van der Waals surface area (Å²) in [7, 11) is 1.69. The smallest absolute Gasteiger partial charge is 0.256 e. The van der Waals surface area contributed by atoms with Gasteiger partial charge in [-0.3, -0.25) is 9.59 Å². The first kappa shape index (κ1) is 13.1. The average Bonchev–Trinajstić information content (AvgIpc) is 2.51. The van der Waals surface area contributed by atoms with Crippen molar-refractivity contribution in [1.29, 1.82) is 0 Å². The third kappa shape index (κ3) is 1.64. The largest absolute Gasteiger partial charge is 0.313 e. The Kier molecular flexibility index (Phi) is 2.98. The molecule has 3 rings (SSSR count). The van der Waals surface area contributed by atoms with Crippen molar-refractivity contribution in [3.8, 4) is 0 Å². The fourth-order valence-corrected chi connectivity index (χ4v) is 3.25. The summed E-state index contributed by atoms with van der Waals surface area (Å²) in [6, 6.07) is 16.2. The molecule has 1 aliphatic rings. The lowest BCUT2D eigenvalue weighted by Crippen LogP contribution is -2.51. The van der Waals surface area contributed by atoms with E-state index in [4.69, 9.17) is 0 Å². The van der Waals surface area contributed by atoms with E-state index < -0.39 is 4.32 Å². The number of para-hydroxylation sites is 1. The number of ketones is 1. The molecule has 1 atom stereocenters. The number of fused-ring (bicyclic) bond motifs is 1. The predicted octanol–water partition coefficient (Wildman–Crippen LogP) is 3.14. The van der Waals surface area contributed by atoms with Gasteiger partial charge in [-0.05, 0) is 17.7 Å². The number of nitrogens with zero attached hydrogens (tertiary/aromatic N) is 1. The van der Waals surface area contributed by atoms with Gasteiger partial charge in [0.1, 0.15) is 0 Å². The molecule has 100 valence electrons. The highest BCUT2D eigenvalue weighted by Gasteiger charge is 2.51. The molecule has 0 aliphatic carbocycles. The maximum atomic E-state index is 12.8. The van der Waals surface area contributed by atoms with Crippen LogP contribution in [0.5, 0.6) is 0 Å². The van der Waals surface area contributed by atoms with Gasteiger partial charge in [-0.25, -0.2) is 0 Å². The van der Waals surface area contributed by atoms with Crippen molar-refractivity contribution in [1.82, 2.24) is 0 Å². The number of Topliss-reactive ketones (excluding diaryl/α,β-unsaturated/α-hetero) is 1. The molecule has 2 aromatic rings. The average molecular weight is 330 g/mol. The Hall–Kier alpha value is -1.94. The number of carbonyl (C=O) groups is 2. The second-order valence-electron chi connectivity index (χ2n) is 4.73. The minimum absolute atomic E-state index is 0.220. The SMILES string of the molecule is CN1C(=O)[C@](Br)(c2ccccc2)C(=O)c2ccccc21. The first-order valence-electron chi connectivity index (χ1n) is 6.23. The fraction of sp³-hybridized carbons (Fsp3) is 0.125. The minimum Gasteiger partial charge on any atom is -0.313 e. The van der Waals surface area contributed by atoms with Crippen LogP contribution in [-0.4, -0.2) is 18.7 Å². The van der Waals surface area contributed by atoms with Crippen LogP contribution in [0.25, 0.3) is 0 Å². The molecule has 1 amide bonds. The minimum atomic E-state index is -1.34. The Morgan fingerprint density at radius 3 is 2.25 bits per heavy atom. The standard InChI is InChI=1S/C16H12BrNO2/c1-18-13-10-6-5-9-12(13)14(19)16(17,15(18)20)11-7-3-2-4-8-11/h2-10H,1H3/t16-/m0/s1. The second-order valence-corrected chi connectivity index (χ2v) is 5.92. The van der Waals surface area contributed by atoms with Crippen LogP contribution in [0.3, 0.4) is 0 Å². The van der Waals surface area contributed by atoms with Gasteiger partial charge in [0.2, 0.25) is 0 Å². The number of hydrogen-bond acceptors (Lipinski definition) is 2. The summed E-state index contributed by atoms with van der Waals surface area (Å²) in [6.07, 6.45) is 0. The molecule has 0 saturated carbocycles. The third-order valence-electron chi connectivity index (χ3n) is 3.59. The summed E-state index contributed by atoms with van der Waals surface area (Å²) in [5.74, 6) is -0.491. The summed E-state index contributed by atoms with van der Waals surface area (Å²) >= 11 is 3.40. The summed E-state index contributed by atoms with van der Waals surface area (Å²) < 4.78 is -1.34. The number of alkyl halides is 1. The number of hydrogen-bond donors (Lipinski definition) is 0. The van der Waals surface area contributed by atoms with Crippen LogP contribution >= 0.6 is 15.9 Å². The summed E-state index contributed by atoms with van der Waals surface area (Å²) in [6.45, 7) is 0. The van der Waals surface area contributed by atoms with Crippen LogP contribution in [0.1, 0.15) is 15.9 Å². The molecule has 3 nitrogen and oxygen atoms in total. The molecule has 2 aromatic carbocycles. The maximum absolute atomic E-state index is 12.8. The molecule has 0 saturated heterocycles. The van der Waals surface area contributed by atoms with Gasteiger partial charge in [-0.1, -0.05) is 58.4 Å². The Bertz CT molecular complexity index is 699. The monoisotopic (exact) mass is 329 g/mol. The van der Waals surface area contributed by atoms with E-state index in [0.29, 0.717) is 16.8 Å². The Morgan fingerprint density at radius 1 is 0.950 bits per heavy atom. The van der Waals surface area contributed by atoms with Crippen LogP contribution in [0.15, 0.2) is 54.6 Å². The van der Waals surface area contributed by atoms with Gasteiger partial charge >= 0.3 is 0 Å². The van der Waals surface area contributed by atoms with Gasteiger partial charge in [0.05, 0.1) is 5.69 Å². The molecule has 0 aromatic heterocycles. The van der Waals surface area contributed by atoms with Crippen molar-refractivity contribution < 1.29 is 9.59 Å². The number of carbonyl (C=O) groups excluding carboxylic acids is 2. The molecule has 4 heteroatoms. The van der Waals surface area contributed by atoms with Crippen LogP contribution in [-0.2, 0) is 9.12 Å². The Labute approximate surface area is 125 Å². The van der Waals surface area contributed by atoms with E-state index in [1.807, 2.05) is 24.3 Å². The lowest BCUT2D eigenvalue weighted by Gasteiger charge is -2.36. The van der Waals surface area contributed by atoms with Crippen molar-refractivity contribution in [2.45, 2.75) is 4.32 Å². The third-order valence-corrected chi connectivity index (χ3v) is 4.75. The summed E-state index contributed by atoms with van der Waals surface area (Å²) in [5, 5.41) is 0. The van der Waals surface area contributed by atoms with E-state index >= 15 is 0 Å². The van der Waals surface area contributed by atoms with Gasteiger partial charge in [0.25, 0.3) is 5.91 Å². The number of likely N-dealkylation sites (N-methyl/N-ethyl adjacent to an activating group) is 1. The second kappa shape index (κ2) is 4.56. The molecule has 0 fully saturated rings. The summed E-state index contributed by atoms with van der Waals surface area (Å²) in [5.41, 5.74) is 1.85. The van der Waals surface area contributed by atoms with Crippen molar-refractivity contribution >= 4 is 33.3 Å². The van der Waals surface area contributed by atoms with Crippen LogP contribution < -0.4 is 4.90 Å². The predicted molar refractivity (Wildman–Crippen MR) is 81.2 cm³/mol. The van der Waals surface area contributed by atoms with E-state index in [1.165, 1.54) is 4.90 Å². The quantitative estimate of drug-likeness (QED) is 0.595. The van der Waals surface area contributed by atoms with Crippen molar-refractivity contribution in [3.63, 3.8) is 0 Å². The number of anilines is 1. The molecule has 1 heterocycles. The highest BCUT2D eigenvalue weighted by atomic mass is 79.9. The van der Waals surface area contributed by atoms with Gasteiger partial charge in [-0.2, -0.15) is 0 Å². The van der Waals surface area contributed by atoms with E-state index in [9.17, 15) is 9.59 Å². The maximum Gasteiger partial charge on any atom is 0.256 e. The summed E-state index contributed by atoms with van der Waals surface area (Å²) in [4.78, 5) is 27.0. The molecular weight excluding hydrogens is 318 g/mol. The topological polar surface area (TPSA) is 37.4 Å². The molecule has 1 aliphatic heterocycles. The van der Waals surface area contributed by atoms with E-state index in [-0.39, 0.29) is 11.7 Å². The zero-order valence-electron chi connectivity index (χ0n) is 10.8. The highest BCUT2D eigenvalue weighted by Crippen LogP contribution is 2.43. The van der Waals surface area contributed by atoms with Crippen molar-refractivity contribution in [3.05, 3.63) is 65.7 Å². The van der Waals surface area contributed by atoms with Crippen molar-refractivity contribution in [2.75, 3.05) is 11.9 Å². The zero-order valence-corrected chi connectivity index (χ0v) is 12.4. The van der Waals surface area contributed by atoms with Crippen LogP contribution in [0.2, 0.25) is 0 Å². The lowest BCUT2D eigenvalue weighted by atomic mass is 9.85. The van der Waals surface area contributed by atoms with E-state index in [1.54, 1.807) is 37.4 Å². The van der Waals surface area contributed by atoms with E-state index in [2.05, 4.69) is 15.9 Å². The number of rotatable bonds is 1. The molecular formula is C16H12BrNO2. The first-order valence-corrected chi connectivity index (χ1v) is 7.02. The molecule has 20 heavy (non-hydrogen) atoms. The first-order chi connectivity index (χ1) is 9.56. The number of halogens is 1. The normalized spacial score (nSPS) is 21.8. The van der Waals surface area contributed by atoms with Gasteiger partial charge in [0, 0.05) is 12.6 Å². The molecule has 0 N–H and O–H groups in total. The molecule has 0 unspecified atom stereocenters. The fourth-order valence-electron chi connectivity index (χ4n) is 2.50. The lowest BCUT2D eigenvalue weighted by molar-refractivity contribution is -0.119.